The van der Waals surface area contributed by atoms with E-state index in [0.29, 0.717) is 0 Å². The van der Waals surface area contributed by atoms with E-state index in [1.165, 1.54) is 21.2 Å². The van der Waals surface area contributed by atoms with Crippen molar-refractivity contribution in [3.8, 4) is 0 Å². The maximum Gasteiger partial charge on any atom is 0.154 e. The molecule has 115 valence electrons. The summed E-state index contributed by atoms with van der Waals surface area (Å²) in [5.41, 5.74) is 1.28. The summed E-state index contributed by atoms with van der Waals surface area (Å²) in [7, 11) is 1.19. The van der Waals surface area contributed by atoms with Crippen molar-refractivity contribution >= 4 is 30.0 Å². The van der Waals surface area contributed by atoms with Gasteiger partial charge >= 0.3 is 0 Å². The molecule has 0 saturated heterocycles. The smallest absolute Gasteiger partial charge is 0.154 e. The van der Waals surface area contributed by atoms with Crippen LogP contribution >= 0.6 is 0 Å². The summed E-state index contributed by atoms with van der Waals surface area (Å²) in [6.07, 6.45) is 0. The van der Waals surface area contributed by atoms with Gasteiger partial charge in [0, 0.05) is 19.3 Å². The van der Waals surface area contributed by atoms with Crippen molar-refractivity contribution in [3.63, 3.8) is 0 Å². The van der Waals surface area contributed by atoms with Gasteiger partial charge in [0.05, 0.1) is 0 Å². The Bertz CT molecular complexity index is 683. The molecule has 2 heteroatoms. The van der Waals surface area contributed by atoms with Crippen molar-refractivity contribution in [2.75, 3.05) is 18.5 Å². The summed E-state index contributed by atoms with van der Waals surface area (Å²) in [4.78, 5) is 2.27. The predicted octanol–water partition coefficient (Wildman–Crippen LogP) is 2.66. The number of anilines is 1. The van der Waals surface area contributed by atoms with E-state index in [-0.39, 0.29) is 0 Å². The van der Waals surface area contributed by atoms with Gasteiger partial charge in [-0.25, -0.2) is 0 Å². The molecule has 3 rings (SSSR count). The van der Waals surface area contributed by atoms with Crippen molar-refractivity contribution in [1.29, 1.82) is 0 Å². The lowest BCUT2D eigenvalue weighted by Crippen LogP contribution is -2.51. The number of hydrogen-bond donors (Lipinski definition) is 0. The van der Waals surface area contributed by atoms with Crippen LogP contribution in [0.2, 0.25) is 0 Å². The number of rotatable bonds is 5. The van der Waals surface area contributed by atoms with Gasteiger partial charge in [0.25, 0.3) is 0 Å². The van der Waals surface area contributed by atoms with E-state index in [4.69, 9.17) is 0 Å². The molecule has 0 aromatic heterocycles. The highest BCUT2D eigenvalue weighted by Crippen LogP contribution is 2.10. The first-order valence-electron chi connectivity index (χ1n) is 8.09. The Kier molecular flexibility index (Phi) is 4.94. The Labute approximate surface area is 140 Å². The third kappa shape index (κ3) is 3.54. The van der Waals surface area contributed by atoms with Crippen molar-refractivity contribution in [3.05, 3.63) is 84.9 Å². The normalized spacial score (nSPS) is 10.7. The van der Waals surface area contributed by atoms with Gasteiger partial charge in [-0.3, -0.25) is 0 Å². The van der Waals surface area contributed by atoms with Gasteiger partial charge in [-0.1, -0.05) is 88.4 Å². The minimum Gasteiger partial charge on any atom is -0.375 e. The zero-order chi connectivity index (χ0) is 16.1. The molecule has 1 nitrogen and oxygen atoms in total. The van der Waals surface area contributed by atoms with Crippen LogP contribution in [0.3, 0.4) is 0 Å². The fraction of sp³-hybridized carbons (Fsp3) is 0.143. The fourth-order valence-corrected chi connectivity index (χ4v) is 5.33. The molecule has 0 fully saturated rings. The SMILES string of the molecule is CCN(C)c1ccc([Si](c2ccccc2)c2ccccc2)cc1. The summed E-state index contributed by atoms with van der Waals surface area (Å²) in [5.74, 6) is 0. The average molecular weight is 316 g/mol. The van der Waals surface area contributed by atoms with Gasteiger partial charge in [0.2, 0.25) is 0 Å². The van der Waals surface area contributed by atoms with Crippen LogP contribution in [0.4, 0.5) is 5.69 Å². The highest BCUT2D eigenvalue weighted by atomic mass is 28.3. The molecule has 0 aliphatic heterocycles. The maximum atomic E-state index is 2.30. The van der Waals surface area contributed by atoms with Gasteiger partial charge in [0.15, 0.2) is 8.80 Å². The number of benzene rings is 3. The van der Waals surface area contributed by atoms with Crippen LogP contribution in [0.15, 0.2) is 84.9 Å². The van der Waals surface area contributed by atoms with Crippen LogP contribution in [0.25, 0.3) is 0 Å². The Balaban J connectivity index is 2.02. The van der Waals surface area contributed by atoms with Crippen molar-refractivity contribution < 1.29 is 0 Å². The third-order valence-corrected chi connectivity index (χ3v) is 6.93. The minimum atomic E-state index is -0.944. The van der Waals surface area contributed by atoms with Gasteiger partial charge in [-0.05, 0) is 19.1 Å². The molecule has 3 aromatic carbocycles. The van der Waals surface area contributed by atoms with Crippen LogP contribution in [-0.4, -0.2) is 22.4 Å². The van der Waals surface area contributed by atoms with Crippen LogP contribution in [-0.2, 0) is 0 Å². The summed E-state index contributed by atoms with van der Waals surface area (Å²) in [5, 5.41) is 4.29. The molecule has 0 aliphatic rings. The van der Waals surface area contributed by atoms with Crippen molar-refractivity contribution in [2.45, 2.75) is 6.92 Å². The minimum absolute atomic E-state index is 0.944. The molecular weight excluding hydrogens is 294 g/mol. The molecule has 0 aliphatic carbocycles. The first-order valence-corrected chi connectivity index (χ1v) is 9.59. The summed E-state index contributed by atoms with van der Waals surface area (Å²) < 4.78 is 0. The summed E-state index contributed by atoms with van der Waals surface area (Å²) >= 11 is 0. The molecule has 0 heterocycles. The molecule has 1 radical (unpaired) electrons. The highest BCUT2D eigenvalue weighted by Gasteiger charge is 2.19. The Morgan fingerprint density at radius 3 is 1.52 bits per heavy atom. The zero-order valence-corrected chi connectivity index (χ0v) is 14.7. The van der Waals surface area contributed by atoms with E-state index < -0.39 is 8.80 Å². The Hall–Kier alpha value is -2.32. The molecular formula is C21H22NSi. The van der Waals surface area contributed by atoms with Crippen LogP contribution in [0, 0.1) is 0 Å². The van der Waals surface area contributed by atoms with E-state index >= 15 is 0 Å². The molecule has 3 aromatic rings. The summed E-state index contributed by atoms with van der Waals surface area (Å²) in [6, 6.07) is 30.9. The highest BCUT2D eigenvalue weighted by molar-refractivity contribution is 6.95. The van der Waals surface area contributed by atoms with E-state index in [1.807, 2.05) is 0 Å². The first-order chi connectivity index (χ1) is 11.3. The average Bonchev–Trinajstić information content (AvgIpc) is 2.64. The molecule has 0 amide bonds. The number of nitrogens with zero attached hydrogens (tertiary/aromatic N) is 1. The monoisotopic (exact) mass is 316 g/mol. The van der Waals surface area contributed by atoms with Crippen LogP contribution in [0.1, 0.15) is 6.92 Å². The standard InChI is InChI=1S/C21H22NSi/c1-3-22(2)18-14-16-21(17-15-18)23(19-10-6-4-7-11-19)20-12-8-5-9-13-20/h4-17H,3H2,1-2H3. The molecule has 0 atom stereocenters. The van der Waals surface area contributed by atoms with Crippen molar-refractivity contribution in [2.24, 2.45) is 0 Å². The van der Waals surface area contributed by atoms with E-state index in [1.54, 1.807) is 0 Å². The molecule has 0 spiro atoms. The first kappa shape index (κ1) is 15.6. The Morgan fingerprint density at radius 1 is 0.652 bits per heavy atom. The van der Waals surface area contributed by atoms with E-state index in [2.05, 4.69) is 104 Å². The second-order valence-corrected chi connectivity index (χ2v) is 8.15. The predicted molar refractivity (Wildman–Crippen MR) is 103 cm³/mol. The molecule has 0 bridgehead atoms. The lowest BCUT2D eigenvalue weighted by molar-refractivity contribution is 0.969. The molecule has 0 unspecified atom stereocenters. The van der Waals surface area contributed by atoms with Gasteiger partial charge in [0.1, 0.15) is 0 Å². The lowest BCUT2D eigenvalue weighted by atomic mass is 10.3. The van der Waals surface area contributed by atoms with Crippen molar-refractivity contribution in [1.82, 2.24) is 0 Å². The fourth-order valence-electron chi connectivity index (χ4n) is 2.77. The maximum absolute atomic E-state index is 2.30. The quantitative estimate of drug-likeness (QED) is 0.517. The molecule has 0 saturated carbocycles. The van der Waals surface area contributed by atoms with E-state index in [9.17, 15) is 0 Å². The lowest BCUT2D eigenvalue weighted by Gasteiger charge is -2.20. The topological polar surface area (TPSA) is 3.24 Å². The third-order valence-electron chi connectivity index (χ3n) is 4.20. The van der Waals surface area contributed by atoms with E-state index in [0.717, 1.165) is 6.54 Å². The van der Waals surface area contributed by atoms with Gasteiger partial charge < -0.3 is 4.90 Å². The Morgan fingerprint density at radius 2 is 1.09 bits per heavy atom. The number of hydrogen-bond acceptors (Lipinski definition) is 1. The second-order valence-electron chi connectivity index (χ2n) is 5.67. The second kappa shape index (κ2) is 7.29. The van der Waals surface area contributed by atoms with Crippen LogP contribution < -0.4 is 20.5 Å². The molecule has 23 heavy (non-hydrogen) atoms. The molecule has 0 N–H and O–H groups in total. The largest absolute Gasteiger partial charge is 0.375 e. The van der Waals surface area contributed by atoms with Gasteiger partial charge in [-0.2, -0.15) is 0 Å². The zero-order valence-electron chi connectivity index (χ0n) is 13.7. The van der Waals surface area contributed by atoms with Crippen LogP contribution in [0.5, 0.6) is 0 Å². The summed E-state index contributed by atoms with van der Waals surface area (Å²) in [6.45, 7) is 3.20. The van der Waals surface area contributed by atoms with Gasteiger partial charge in [-0.15, -0.1) is 0 Å².